The Morgan fingerprint density at radius 1 is 0.867 bits per heavy atom. The Balaban J connectivity index is 1.99. The van der Waals surface area contributed by atoms with Gasteiger partial charge in [0.2, 0.25) is 0 Å². The summed E-state index contributed by atoms with van der Waals surface area (Å²) in [5.74, 6) is 1.19. The predicted octanol–water partition coefficient (Wildman–Crippen LogP) is 4.13. The van der Waals surface area contributed by atoms with Crippen LogP contribution in [0.3, 0.4) is 0 Å². The van der Waals surface area contributed by atoms with Crippen LogP contribution in [-0.4, -0.2) is 43.3 Å². The molecule has 0 aromatic heterocycles. The van der Waals surface area contributed by atoms with Gasteiger partial charge < -0.3 is 14.2 Å². The molecule has 0 N–H and O–H groups in total. The summed E-state index contributed by atoms with van der Waals surface area (Å²) in [5, 5.41) is 0.146. The SMILES string of the molecule is COc1ccc(CN2C(=O)C(SC(C)C)=C(c3ccc(OC)c(OC)c3)C2=O)cc1. The minimum atomic E-state index is -0.314. The van der Waals surface area contributed by atoms with Crippen LogP contribution in [-0.2, 0) is 16.1 Å². The Hall–Kier alpha value is -2.93. The first-order valence-electron chi connectivity index (χ1n) is 9.52. The maximum Gasteiger partial charge on any atom is 0.268 e. The van der Waals surface area contributed by atoms with Gasteiger partial charge in [0.15, 0.2) is 11.5 Å². The van der Waals surface area contributed by atoms with Gasteiger partial charge in [-0.3, -0.25) is 14.5 Å². The number of nitrogens with zero attached hydrogens (tertiary/aromatic N) is 1. The molecule has 2 amide bonds. The van der Waals surface area contributed by atoms with Gasteiger partial charge in [-0.05, 0) is 35.4 Å². The van der Waals surface area contributed by atoms with Crippen LogP contribution >= 0.6 is 11.8 Å². The fourth-order valence-corrected chi connectivity index (χ4v) is 4.21. The van der Waals surface area contributed by atoms with E-state index < -0.39 is 0 Å². The van der Waals surface area contributed by atoms with E-state index in [1.165, 1.54) is 23.8 Å². The molecule has 0 radical (unpaired) electrons. The standard InChI is InChI=1S/C23H25NO5S/c1-14(2)30-21-20(16-8-11-18(28-4)19(12-16)29-5)22(25)24(23(21)26)13-15-6-9-17(27-3)10-7-15/h6-12,14H,13H2,1-5H3. The number of hydrogen-bond acceptors (Lipinski definition) is 6. The highest BCUT2D eigenvalue weighted by atomic mass is 32.2. The van der Waals surface area contributed by atoms with E-state index >= 15 is 0 Å². The first-order chi connectivity index (χ1) is 14.4. The van der Waals surface area contributed by atoms with Gasteiger partial charge in [-0.15, -0.1) is 11.8 Å². The summed E-state index contributed by atoms with van der Waals surface area (Å²) >= 11 is 1.40. The molecule has 2 aromatic carbocycles. The minimum Gasteiger partial charge on any atom is -0.497 e. The number of carbonyl (C=O) groups excluding carboxylic acids is 2. The van der Waals surface area contributed by atoms with E-state index in [0.717, 1.165) is 11.3 Å². The van der Waals surface area contributed by atoms with Crippen LogP contribution < -0.4 is 14.2 Å². The molecule has 0 bridgehead atoms. The lowest BCUT2D eigenvalue weighted by atomic mass is 10.1. The van der Waals surface area contributed by atoms with Crippen molar-refractivity contribution in [2.24, 2.45) is 0 Å². The summed E-state index contributed by atoms with van der Waals surface area (Å²) in [6, 6.07) is 12.6. The largest absolute Gasteiger partial charge is 0.497 e. The molecule has 3 rings (SSSR count). The smallest absolute Gasteiger partial charge is 0.268 e. The number of amides is 2. The lowest BCUT2D eigenvalue weighted by Crippen LogP contribution is -2.31. The topological polar surface area (TPSA) is 65.1 Å². The van der Waals surface area contributed by atoms with E-state index in [1.807, 2.05) is 38.1 Å². The van der Waals surface area contributed by atoms with Crippen LogP contribution in [0.15, 0.2) is 47.4 Å². The monoisotopic (exact) mass is 427 g/mol. The van der Waals surface area contributed by atoms with Crippen molar-refractivity contribution in [1.82, 2.24) is 4.90 Å². The molecule has 30 heavy (non-hydrogen) atoms. The quantitative estimate of drug-likeness (QED) is 0.590. The van der Waals surface area contributed by atoms with Crippen LogP contribution in [0, 0.1) is 0 Å². The maximum atomic E-state index is 13.3. The number of benzene rings is 2. The molecule has 7 heteroatoms. The zero-order valence-electron chi connectivity index (χ0n) is 17.7. The third-order valence-electron chi connectivity index (χ3n) is 4.65. The summed E-state index contributed by atoms with van der Waals surface area (Å²) in [7, 11) is 4.69. The number of carbonyl (C=O) groups is 2. The number of rotatable bonds is 8. The Bertz CT molecular complexity index is 982. The second kappa shape index (κ2) is 9.26. The second-order valence-electron chi connectivity index (χ2n) is 6.99. The average Bonchev–Trinajstić information content (AvgIpc) is 2.97. The van der Waals surface area contributed by atoms with Gasteiger partial charge in [-0.2, -0.15) is 0 Å². The van der Waals surface area contributed by atoms with Crippen molar-refractivity contribution >= 4 is 29.1 Å². The summed E-state index contributed by atoms with van der Waals surface area (Å²) in [5.41, 5.74) is 1.87. The maximum absolute atomic E-state index is 13.3. The molecule has 0 saturated carbocycles. The zero-order chi connectivity index (χ0) is 21.8. The van der Waals surface area contributed by atoms with Crippen molar-refractivity contribution in [2.75, 3.05) is 21.3 Å². The second-order valence-corrected chi connectivity index (χ2v) is 8.57. The number of methoxy groups -OCH3 is 3. The predicted molar refractivity (Wildman–Crippen MR) is 118 cm³/mol. The van der Waals surface area contributed by atoms with E-state index in [4.69, 9.17) is 14.2 Å². The first-order valence-corrected chi connectivity index (χ1v) is 10.4. The van der Waals surface area contributed by atoms with Crippen LogP contribution in [0.25, 0.3) is 5.57 Å². The summed E-state index contributed by atoms with van der Waals surface area (Å²) in [4.78, 5) is 28.3. The van der Waals surface area contributed by atoms with Crippen LogP contribution in [0.5, 0.6) is 17.2 Å². The van der Waals surface area contributed by atoms with Crippen molar-refractivity contribution in [3.63, 3.8) is 0 Å². The lowest BCUT2D eigenvalue weighted by Gasteiger charge is -2.16. The third-order valence-corrected chi connectivity index (χ3v) is 5.74. The van der Waals surface area contributed by atoms with Crippen molar-refractivity contribution in [1.29, 1.82) is 0 Å². The van der Waals surface area contributed by atoms with Crippen molar-refractivity contribution in [3.8, 4) is 17.2 Å². The number of ether oxygens (including phenoxy) is 3. The molecule has 6 nitrogen and oxygen atoms in total. The van der Waals surface area contributed by atoms with Gasteiger partial charge in [-0.25, -0.2) is 0 Å². The van der Waals surface area contributed by atoms with Gasteiger partial charge in [-0.1, -0.05) is 32.0 Å². The molecule has 1 heterocycles. The number of imide groups is 1. The number of hydrogen-bond donors (Lipinski definition) is 0. The lowest BCUT2D eigenvalue weighted by molar-refractivity contribution is -0.137. The molecular weight excluding hydrogens is 402 g/mol. The van der Waals surface area contributed by atoms with Crippen LogP contribution in [0.2, 0.25) is 0 Å². The molecule has 0 unspecified atom stereocenters. The molecule has 0 atom stereocenters. The summed E-state index contributed by atoms with van der Waals surface area (Å²) in [6.07, 6.45) is 0. The van der Waals surface area contributed by atoms with Gasteiger partial charge in [0.05, 0.1) is 38.4 Å². The normalized spacial score (nSPS) is 14.0. The fraction of sp³-hybridized carbons (Fsp3) is 0.304. The Morgan fingerprint density at radius 2 is 1.53 bits per heavy atom. The van der Waals surface area contributed by atoms with Gasteiger partial charge in [0.1, 0.15) is 5.75 Å². The van der Waals surface area contributed by atoms with Crippen LogP contribution in [0.4, 0.5) is 0 Å². The first kappa shape index (κ1) is 21.8. The summed E-state index contributed by atoms with van der Waals surface area (Å²) < 4.78 is 15.9. The highest BCUT2D eigenvalue weighted by Crippen LogP contribution is 2.40. The highest BCUT2D eigenvalue weighted by molar-refractivity contribution is 8.04. The van der Waals surface area contributed by atoms with Crippen molar-refractivity contribution < 1.29 is 23.8 Å². The molecule has 1 aliphatic heterocycles. The molecule has 0 saturated heterocycles. The molecule has 158 valence electrons. The Labute approximate surface area is 180 Å². The Kier molecular flexibility index (Phi) is 6.72. The Morgan fingerprint density at radius 3 is 2.10 bits per heavy atom. The zero-order valence-corrected chi connectivity index (χ0v) is 18.5. The van der Waals surface area contributed by atoms with Crippen molar-refractivity contribution in [3.05, 3.63) is 58.5 Å². The fourth-order valence-electron chi connectivity index (χ4n) is 3.20. The van der Waals surface area contributed by atoms with Gasteiger partial charge in [0.25, 0.3) is 11.8 Å². The van der Waals surface area contributed by atoms with E-state index in [2.05, 4.69) is 0 Å². The molecule has 0 spiro atoms. The molecule has 1 aliphatic rings. The average molecular weight is 428 g/mol. The number of thioether (sulfide) groups is 1. The van der Waals surface area contributed by atoms with E-state index in [9.17, 15) is 9.59 Å². The van der Waals surface area contributed by atoms with Crippen molar-refractivity contribution in [2.45, 2.75) is 25.6 Å². The van der Waals surface area contributed by atoms with Gasteiger partial charge in [0, 0.05) is 5.25 Å². The molecular formula is C23H25NO5S. The van der Waals surface area contributed by atoms with E-state index in [1.54, 1.807) is 32.4 Å². The van der Waals surface area contributed by atoms with Crippen LogP contribution in [0.1, 0.15) is 25.0 Å². The third kappa shape index (κ3) is 4.31. The molecule has 2 aromatic rings. The summed E-state index contributed by atoms with van der Waals surface area (Å²) in [6.45, 7) is 4.18. The molecule has 0 fully saturated rings. The van der Waals surface area contributed by atoms with E-state index in [0.29, 0.717) is 27.5 Å². The van der Waals surface area contributed by atoms with Gasteiger partial charge >= 0.3 is 0 Å². The molecule has 0 aliphatic carbocycles. The minimum absolute atomic E-state index is 0.146. The van der Waals surface area contributed by atoms with E-state index in [-0.39, 0.29) is 23.6 Å². The highest BCUT2D eigenvalue weighted by Gasteiger charge is 2.39.